The number of hydrogen-bond acceptors (Lipinski definition) is 19. The van der Waals surface area contributed by atoms with Gasteiger partial charge in [0.25, 0.3) is 0 Å². The number of amides is 11. The van der Waals surface area contributed by atoms with Crippen LogP contribution in [-0.2, 0) is 83.0 Å². The SMILES string of the molecule is CCCC[C@@H]1NC(=O)[C@H](CC(C)C)NC(=O)[C@@H](NC(=O)[C@@H](NC(=O)[C@H](CCC(=O)O)NC(=O)C(C)(C)NC(=O)[C@@H](NC(=O)C(C)(C)N)C(C)C)[C@@H](C)CC)COC(=O)CCCCC(=O)OC[C@@H](C(=O)N[C@@H](CCCCN=C(N)N)C(N)=O)NC(=O)[C@H](Cc2cnc[nH]2)NC1=O. The molecule has 0 saturated carbocycles. The van der Waals surface area contributed by atoms with Gasteiger partial charge in [-0.25, -0.2) is 4.98 Å². The number of unbranched alkanes of at least 4 members (excludes halogenated alkanes) is 2. The van der Waals surface area contributed by atoms with Crippen LogP contribution in [-0.4, -0.2) is 189 Å². The second-order valence-corrected chi connectivity index (χ2v) is 25.6. The van der Waals surface area contributed by atoms with Crippen LogP contribution >= 0.6 is 0 Å². The van der Waals surface area contributed by atoms with Gasteiger partial charge in [0.05, 0.1) is 11.9 Å². The van der Waals surface area contributed by atoms with Gasteiger partial charge in [-0.15, -0.1) is 0 Å². The number of carbonyl (C=O) groups is 14. The first-order valence-electron chi connectivity index (χ1n) is 32.1. The molecule has 10 atom stereocenters. The molecular formula is C61H103N17O17. The third kappa shape index (κ3) is 30.3. The summed E-state index contributed by atoms with van der Waals surface area (Å²) < 4.78 is 11.0. The highest BCUT2D eigenvalue weighted by Crippen LogP contribution is 2.16. The second kappa shape index (κ2) is 40.3. The lowest BCUT2D eigenvalue weighted by Crippen LogP contribution is -2.64. The van der Waals surface area contributed by atoms with Crippen molar-refractivity contribution in [1.29, 1.82) is 0 Å². The van der Waals surface area contributed by atoms with Crippen LogP contribution in [0.2, 0.25) is 0 Å². The van der Waals surface area contributed by atoms with E-state index in [1.165, 1.54) is 40.2 Å². The van der Waals surface area contributed by atoms with Gasteiger partial charge in [0.15, 0.2) is 5.96 Å². The van der Waals surface area contributed by atoms with Gasteiger partial charge in [0.2, 0.25) is 65.0 Å². The molecule has 2 heterocycles. The Hall–Kier alpha value is -8.98. The van der Waals surface area contributed by atoms with E-state index in [0.717, 1.165) is 0 Å². The molecule has 1 aliphatic heterocycles. The van der Waals surface area contributed by atoms with Crippen molar-refractivity contribution >= 4 is 88.8 Å². The minimum Gasteiger partial charge on any atom is -0.481 e. The lowest BCUT2D eigenvalue weighted by Gasteiger charge is -2.32. The lowest BCUT2D eigenvalue weighted by molar-refractivity contribution is -0.149. The summed E-state index contributed by atoms with van der Waals surface area (Å²) in [4.78, 5) is 203. The van der Waals surface area contributed by atoms with Crippen LogP contribution < -0.4 is 76.1 Å². The number of ether oxygens (including phenoxy) is 2. The number of nitrogens with one attached hydrogen (secondary N) is 11. The predicted octanol–water partition coefficient (Wildman–Crippen LogP) is -2.66. The van der Waals surface area contributed by atoms with Gasteiger partial charge in [0, 0.05) is 44.1 Å². The Morgan fingerprint density at radius 2 is 1.29 bits per heavy atom. The average molecular weight is 1350 g/mol. The summed E-state index contributed by atoms with van der Waals surface area (Å²) in [5.74, 6) is -15.1. The lowest BCUT2D eigenvalue weighted by atomic mass is 9.96. The molecule has 1 saturated heterocycles. The molecule has 34 heteroatoms. The van der Waals surface area contributed by atoms with Gasteiger partial charge < -0.3 is 95.7 Å². The molecule has 0 spiro atoms. The zero-order valence-corrected chi connectivity index (χ0v) is 56.5. The summed E-state index contributed by atoms with van der Waals surface area (Å²) in [6, 6.07) is -13.5. The first-order chi connectivity index (χ1) is 44.4. The van der Waals surface area contributed by atoms with Crippen LogP contribution in [0.5, 0.6) is 0 Å². The number of carbonyl (C=O) groups excluding carboxylic acids is 13. The van der Waals surface area contributed by atoms with Crippen molar-refractivity contribution in [2.75, 3.05) is 19.8 Å². The molecule has 11 amide bonds. The maximum atomic E-state index is 14.6. The molecule has 2 rings (SSSR count). The van der Waals surface area contributed by atoms with Crippen LogP contribution in [0.3, 0.4) is 0 Å². The molecule has 534 valence electrons. The number of cyclic esters (lactones) is 2. The Morgan fingerprint density at radius 1 is 0.695 bits per heavy atom. The maximum Gasteiger partial charge on any atom is 0.305 e. The minimum atomic E-state index is -1.81. The van der Waals surface area contributed by atoms with E-state index in [2.05, 4.69) is 68.1 Å². The minimum absolute atomic E-state index is 0.00323. The standard InChI is InChI=1S/C61H103N17O17/c1-12-14-19-37-49(84)72-40(27-35-28-66-31-68-35)52(87)73-41(53(88)69-36(48(62)83)20-17-18-25-67-59(63)64)29-94-44(81)21-15-16-22-45(82)95-30-42(54(89)71-39(26-32(3)4)51(86)70-37)74-55(90)47(34(7)13-2)76-50(85)38(23-24-43(79)80)75-58(93)61(10,11)78-56(91)46(33(5)6)77-57(92)60(8,9)65/h28,31-34,36-42,46-47H,12-27,29-30,65H2,1-11H3,(H2,62,83)(H,66,68)(H,69,88)(H,70,86)(H,71,89)(H,72,84)(H,73,87)(H,74,90)(H,75,93)(H,76,85)(H,77,92)(H,78,91)(H,79,80)(H4,63,64,67)/t34-,36-,37-,38-,39-,40-,41-,42-,46-,47-/m0/s1. The van der Waals surface area contributed by atoms with Crippen LogP contribution in [0.15, 0.2) is 17.5 Å². The normalized spacial score (nSPS) is 20.0. The molecule has 95 heavy (non-hydrogen) atoms. The van der Waals surface area contributed by atoms with Crippen molar-refractivity contribution in [2.45, 2.75) is 238 Å². The molecule has 1 aromatic heterocycles. The van der Waals surface area contributed by atoms with E-state index in [4.69, 9.17) is 32.4 Å². The van der Waals surface area contributed by atoms with E-state index in [9.17, 15) is 72.2 Å². The Labute approximate surface area is 553 Å². The highest BCUT2D eigenvalue weighted by Gasteiger charge is 2.40. The monoisotopic (exact) mass is 1350 g/mol. The van der Waals surface area contributed by atoms with Crippen molar-refractivity contribution < 1.29 is 81.7 Å². The molecule has 0 radical (unpaired) electrons. The number of carboxylic acid groups (broad SMARTS) is 1. The first-order valence-corrected chi connectivity index (χ1v) is 32.1. The van der Waals surface area contributed by atoms with Crippen LogP contribution in [0, 0.1) is 17.8 Å². The summed E-state index contributed by atoms with van der Waals surface area (Å²) in [5.41, 5.74) is 19.6. The van der Waals surface area contributed by atoms with Gasteiger partial charge >= 0.3 is 17.9 Å². The first kappa shape index (κ1) is 82.1. The number of aromatic nitrogens is 2. The quantitative estimate of drug-likeness (QED) is 0.0156. The summed E-state index contributed by atoms with van der Waals surface area (Å²) >= 11 is 0. The van der Waals surface area contributed by atoms with Gasteiger partial charge in [-0.2, -0.15) is 0 Å². The molecule has 1 fully saturated rings. The Kier molecular flexibility index (Phi) is 34.8. The molecule has 0 unspecified atom stereocenters. The molecule has 0 bridgehead atoms. The van der Waals surface area contributed by atoms with Crippen molar-refractivity contribution in [3.8, 4) is 0 Å². The summed E-state index contributed by atoms with van der Waals surface area (Å²) in [6.07, 6.45) is 2.29. The summed E-state index contributed by atoms with van der Waals surface area (Å²) in [5, 5.41) is 35.3. The van der Waals surface area contributed by atoms with Gasteiger partial charge in [0.1, 0.15) is 73.1 Å². The van der Waals surface area contributed by atoms with Crippen LogP contribution in [0.4, 0.5) is 0 Å². The van der Waals surface area contributed by atoms with E-state index in [0.29, 0.717) is 31.4 Å². The zero-order chi connectivity index (χ0) is 71.9. The number of aliphatic carboxylic acids is 1. The topological polar surface area (TPSA) is 543 Å². The highest BCUT2D eigenvalue weighted by molar-refractivity contribution is 6.00. The van der Waals surface area contributed by atoms with Crippen LogP contribution in [0.1, 0.15) is 172 Å². The van der Waals surface area contributed by atoms with Crippen molar-refractivity contribution in [3.05, 3.63) is 18.2 Å². The number of guanidine groups is 1. The molecule has 0 aromatic carbocycles. The molecular weight excluding hydrogens is 1240 g/mol. The number of imidazole rings is 1. The van der Waals surface area contributed by atoms with E-state index in [1.807, 2.05) is 6.92 Å². The maximum absolute atomic E-state index is 14.6. The predicted molar refractivity (Wildman–Crippen MR) is 344 cm³/mol. The number of hydrogen-bond donors (Lipinski definition) is 16. The molecule has 20 N–H and O–H groups in total. The van der Waals surface area contributed by atoms with Gasteiger partial charge in [-0.1, -0.05) is 67.7 Å². The largest absolute Gasteiger partial charge is 0.481 e. The number of aliphatic imine (C=N–C) groups is 1. The third-order valence-corrected chi connectivity index (χ3v) is 15.3. The molecule has 0 aliphatic carbocycles. The van der Waals surface area contributed by atoms with Crippen molar-refractivity contribution in [2.24, 2.45) is 45.7 Å². The smallest absolute Gasteiger partial charge is 0.305 e. The number of esters is 2. The number of rotatable bonds is 31. The fraction of sp³-hybridized carbons (Fsp3) is 0.705. The summed E-state index contributed by atoms with van der Waals surface area (Å²) in [7, 11) is 0. The zero-order valence-electron chi connectivity index (χ0n) is 56.5. The third-order valence-electron chi connectivity index (χ3n) is 15.3. The highest BCUT2D eigenvalue weighted by atomic mass is 16.5. The number of H-pyrrole nitrogens is 1. The fourth-order valence-electron chi connectivity index (χ4n) is 9.32. The molecule has 34 nitrogen and oxygen atoms in total. The Morgan fingerprint density at radius 3 is 1.84 bits per heavy atom. The van der Waals surface area contributed by atoms with Crippen LogP contribution in [0.25, 0.3) is 0 Å². The Bertz CT molecular complexity index is 2820. The van der Waals surface area contributed by atoms with E-state index in [-0.39, 0.29) is 76.2 Å². The average Bonchev–Trinajstić information content (AvgIpc) is 1.68. The molecule has 1 aliphatic rings. The van der Waals surface area contributed by atoms with Crippen molar-refractivity contribution in [3.63, 3.8) is 0 Å². The fourth-order valence-corrected chi connectivity index (χ4v) is 9.32. The van der Waals surface area contributed by atoms with E-state index in [1.54, 1.807) is 41.5 Å². The van der Waals surface area contributed by atoms with E-state index < -0.39 is 186 Å². The second-order valence-electron chi connectivity index (χ2n) is 25.6. The van der Waals surface area contributed by atoms with Crippen molar-refractivity contribution in [1.82, 2.24) is 63.1 Å². The number of carboxylic acids is 1. The number of aromatic amines is 1. The Balaban J connectivity index is 2.66. The number of nitrogens with two attached hydrogens (primary N) is 4. The van der Waals surface area contributed by atoms with E-state index >= 15 is 0 Å². The number of primary amides is 1. The molecule has 1 aromatic rings. The summed E-state index contributed by atoms with van der Waals surface area (Å²) in [6.45, 7) is 15.9. The van der Waals surface area contributed by atoms with Gasteiger partial charge in [-0.05, 0) is 96.8 Å². The van der Waals surface area contributed by atoms with Gasteiger partial charge in [-0.3, -0.25) is 72.1 Å². The number of nitrogens with zero attached hydrogens (tertiary/aromatic N) is 2.